The van der Waals surface area contributed by atoms with Crippen LogP contribution in [0.1, 0.15) is 117 Å². The van der Waals surface area contributed by atoms with E-state index in [1.54, 1.807) is 38.2 Å². The van der Waals surface area contributed by atoms with Crippen molar-refractivity contribution < 1.29 is 28.7 Å². The molecule has 4 aromatic carbocycles. The first-order chi connectivity index (χ1) is 39.1. The Morgan fingerprint density at radius 3 is 1.51 bits per heavy atom. The van der Waals surface area contributed by atoms with Crippen LogP contribution >= 0.6 is 23.2 Å². The second-order valence-electron chi connectivity index (χ2n) is 22.3. The molecule has 16 heteroatoms. The molecule has 10 rings (SSSR count). The molecule has 2 atom stereocenters. The Bertz CT molecular complexity index is 3430. The molecule has 4 aromatic heterocycles. The number of nitrogens with zero attached hydrogens (tertiary/aromatic N) is 2. The van der Waals surface area contributed by atoms with Crippen LogP contribution in [0.4, 0.5) is 9.59 Å². The maximum atomic E-state index is 14.0. The zero-order valence-electron chi connectivity index (χ0n) is 46.3. The predicted octanol–water partition coefficient (Wildman–Crippen LogP) is 13.2. The molecule has 6 N–H and O–H groups in total. The molecule has 0 spiro atoms. The fourth-order valence-electron chi connectivity index (χ4n) is 11.7. The normalized spacial score (nSPS) is 16.1. The van der Waals surface area contributed by atoms with Crippen molar-refractivity contribution in [2.75, 3.05) is 13.1 Å². The molecule has 0 unspecified atom stereocenters. The van der Waals surface area contributed by atoms with E-state index in [0.717, 1.165) is 107 Å². The van der Waals surface area contributed by atoms with E-state index >= 15 is 0 Å². The Morgan fingerprint density at radius 2 is 1.04 bits per heavy atom. The van der Waals surface area contributed by atoms with Gasteiger partial charge in [0.15, 0.2) is 0 Å². The maximum Gasteiger partial charge on any atom is 0.408 e. The van der Waals surface area contributed by atoms with Crippen molar-refractivity contribution >= 4 is 69.0 Å². The zero-order chi connectivity index (χ0) is 56.9. The molecule has 8 aromatic rings. The molecule has 2 saturated carbocycles. The molecule has 4 amide bonds. The summed E-state index contributed by atoms with van der Waals surface area (Å²) in [5.74, 6) is -0.531. The monoisotopic (exact) mass is 1130 g/mol. The number of halogens is 2. The summed E-state index contributed by atoms with van der Waals surface area (Å²) < 4.78 is 11.1. The summed E-state index contributed by atoms with van der Waals surface area (Å²) >= 11 is 12.2. The largest absolute Gasteiger partial charge is 0.445 e. The number of alkyl carbamates (subject to hydrolysis) is 2. The van der Waals surface area contributed by atoms with E-state index in [9.17, 15) is 19.2 Å². The molecule has 81 heavy (non-hydrogen) atoms. The number of nitrogens with one attached hydrogen (secondary N) is 6. The summed E-state index contributed by atoms with van der Waals surface area (Å²) in [5, 5.41) is 15.1. The standard InChI is InChI=1S/C33H38N4O3.C32H34Cl2N4O3/c1-24-11-10-12-25(19-24)22-40-31(39)37-32(2,20-26-21-35-28-14-5-4-13-27(26)28)30(38)36-23-33(16-7-3-8-17-33)29-15-6-9-18-34-29;1-31(18-23-19-36-27-10-4-3-9-25(23)27,38-30(40)41-20-22-12-13-24(33)17-26(22)34)29(39)37-21-32(14-6-2-7-15-32)28-11-5-8-16-35-28/h4-6,9-15,18-19,21,35H,3,7-8,16-17,20,22-23H2,1-2H3,(H,36,38)(H,37,39);3-5,8-13,16-17,19,36H,2,6-7,14-15,18,20-21H2,1H3,(H,37,39)(H,38,40)/t32-;31-/m00/s1. The van der Waals surface area contributed by atoms with Crippen molar-refractivity contribution in [1.82, 2.24) is 41.2 Å². The Kier molecular flexibility index (Phi) is 18.8. The first-order valence-electron chi connectivity index (χ1n) is 28.0. The second-order valence-corrected chi connectivity index (χ2v) is 23.2. The minimum absolute atomic E-state index is 0.0601. The van der Waals surface area contributed by atoms with Gasteiger partial charge in [-0.15, -0.1) is 0 Å². The number of benzene rings is 4. The lowest BCUT2D eigenvalue weighted by atomic mass is 9.71. The number of aromatic nitrogens is 4. The van der Waals surface area contributed by atoms with Crippen LogP contribution in [-0.2, 0) is 55.9 Å². The highest BCUT2D eigenvalue weighted by atomic mass is 35.5. The predicted molar refractivity (Wildman–Crippen MR) is 319 cm³/mol. The summed E-state index contributed by atoms with van der Waals surface area (Å²) in [5.41, 5.74) is 5.40. The highest BCUT2D eigenvalue weighted by Crippen LogP contribution is 2.40. The van der Waals surface area contributed by atoms with Gasteiger partial charge in [0.05, 0.1) is 0 Å². The van der Waals surface area contributed by atoms with E-state index in [1.165, 1.54) is 12.8 Å². The van der Waals surface area contributed by atoms with E-state index in [4.69, 9.17) is 32.7 Å². The number of aryl methyl sites for hydroxylation is 1. The van der Waals surface area contributed by atoms with Gasteiger partial charge in [0.2, 0.25) is 11.8 Å². The number of hydrogen-bond acceptors (Lipinski definition) is 8. The highest BCUT2D eigenvalue weighted by Gasteiger charge is 2.42. The van der Waals surface area contributed by atoms with E-state index in [-0.39, 0.29) is 42.3 Å². The molecule has 2 aliphatic rings. The van der Waals surface area contributed by atoms with Gasteiger partial charge >= 0.3 is 12.2 Å². The SMILES string of the molecule is C[C@@](Cc1c[nH]c2ccccc12)(NC(=O)OCc1ccc(Cl)cc1Cl)C(=O)NCC1(c2ccccn2)CCCCC1.Cc1cccc(COC(=O)N[C@@](C)(Cc2c[nH]c3ccccc23)C(=O)NCC2(c3ccccn3)CCCCC2)c1. The van der Waals surface area contributed by atoms with Gasteiger partial charge in [0.25, 0.3) is 0 Å². The first kappa shape index (κ1) is 58.0. The lowest BCUT2D eigenvalue weighted by Gasteiger charge is -2.38. The highest BCUT2D eigenvalue weighted by molar-refractivity contribution is 6.35. The lowest BCUT2D eigenvalue weighted by Crippen LogP contribution is -2.59. The molecule has 14 nitrogen and oxygen atoms in total. The maximum absolute atomic E-state index is 14.0. The van der Waals surface area contributed by atoms with Crippen molar-refractivity contribution in [1.29, 1.82) is 0 Å². The number of carbonyl (C=O) groups is 4. The van der Waals surface area contributed by atoms with E-state index in [1.807, 2.05) is 129 Å². The molecule has 0 radical (unpaired) electrons. The average Bonchev–Trinajstić information content (AvgIpc) is 4.31. The first-order valence-corrected chi connectivity index (χ1v) is 28.8. The molecule has 0 saturated heterocycles. The van der Waals surface area contributed by atoms with Crippen LogP contribution in [0.5, 0.6) is 0 Å². The minimum atomic E-state index is -1.30. The van der Waals surface area contributed by atoms with Gasteiger partial charge in [0, 0.05) is 110 Å². The molecule has 2 aliphatic carbocycles. The molecule has 2 fully saturated rings. The summed E-state index contributed by atoms with van der Waals surface area (Å²) in [6.45, 7) is 6.46. The molecular formula is C65H72Cl2N8O6. The quantitative estimate of drug-likeness (QED) is 0.0489. The van der Waals surface area contributed by atoms with E-state index in [2.05, 4.69) is 47.3 Å². The summed E-state index contributed by atoms with van der Waals surface area (Å²) in [4.78, 5) is 70.0. The Labute approximate surface area is 483 Å². The molecule has 0 bridgehead atoms. The fourth-order valence-corrected chi connectivity index (χ4v) is 12.1. The van der Waals surface area contributed by atoms with Crippen LogP contribution in [-0.4, -0.2) is 68.1 Å². The van der Waals surface area contributed by atoms with Gasteiger partial charge in [0.1, 0.15) is 24.3 Å². The van der Waals surface area contributed by atoms with Crippen LogP contribution in [0.3, 0.4) is 0 Å². The van der Waals surface area contributed by atoms with Crippen molar-refractivity contribution in [2.45, 2.75) is 133 Å². The van der Waals surface area contributed by atoms with Crippen molar-refractivity contribution in [3.63, 3.8) is 0 Å². The number of para-hydroxylation sites is 2. The molecule has 4 heterocycles. The topological polar surface area (TPSA) is 192 Å². The lowest BCUT2D eigenvalue weighted by molar-refractivity contribution is -0.127. The third-order valence-corrected chi connectivity index (χ3v) is 16.8. The van der Waals surface area contributed by atoms with Crippen LogP contribution in [0.25, 0.3) is 21.8 Å². The number of ether oxygens (including phenoxy) is 2. The number of H-pyrrole nitrogens is 2. The third-order valence-electron chi connectivity index (χ3n) is 16.2. The number of pyridine rings is 2. The van der Waals surface area contributed by atoms with Crippen LogP contribution in [0.2, 0.25) is 10.0 Å². The number of amides is 4. The molecule has 422 valence electrons. The van der Waals surface area contributed by atoms with Gasteiger partial charge in [-0.1, -0.05) is 146 Å². The summed E-state index contributed by atoms with van der Waals surface area (Å²) in [6.07, 6.45) is 17.2. The van der Waals surface area contributed by atoms with E-state index in [0.29, 0.717) is 35.1 Å². The van der Waals surface area contributed by atoms with Crippen LogP contribution < -0.4 is 21.3 Å². The van der Waals surface area contributed by atoms with Gasteiger partial charge in [-0.3, -0.25) is 19.6 Å². The summed E-state index contributed by atoms with van der Waals surface area (Å²) in [7, 11) is 0. The van der Waals surface area contributed by atoms with Gasteiger partial charge in [-0.05, 0) is 112 Å². The Morgan fingerprint density at radius 1 is 0.556 bits per heavy atom. The van der Waals surface area contributed by atoms with Crippen molar-refractivity contribution in [3.05, 3.63) is 201 Å². The zero-order valence-corrected chi connectivity index (χ0v) is 47.9. The summed E-state index contributed by atoms with van der Waals surface area (Å²) in [6, 6.07) is 40.6. The van der Waals surface area contributed by atoms with E-state index < -0.39 is 23.3 Å². The smallest absolute Gasteiger partial charge is 0.408 e. The van der Waals surface area contributed by atoms with Crippen LogP contribution in [0.15, 0.2) is 152 Å². The number of carbonyl (C=O) groups excluding carboxylic acids is 4. The second kappa shape index (κ2) is 26.3. The van der Waals surface area contributed by atoms with Crippen molar-refractivity contribution in [2.24, 2.45) is 0 Å². The van der Waals surface area contributed by atoms with Gasteiger partial charge < -0.3 is 40.7 Å². The van der Waals surface area contributed by atoms with Gasteiger partial charge in [-0.25, -0.2) is 9.59 Å². The Hall–Kier alpha value is -7.68. The molecule has 0 aliphatic heterocycles. The number of rotatable bonds is 18. The minimum Gasteiger partial charge on any atom is -0.445 e. The number of hydrogen-bond donors (Lipinski definition) is 6. The number of aromatic amines is 2. The van der Waals surface area contributed by atoms with Crippen molar-refractivity contribution in [3.8, 4) is 0 Å². The fraction of sp³-hybridized carbons (Fsp3) is 0.354. The average molecular weight is 1130 g/mol. The number of fused-ring (bicyclic) bond motifs is 2. The third kappa shape index (κ3) is 14.4. The molecular weight excluding hydrogens is 1060 g/mol. The van der Waals surface area contributed by atoms with Gasteiger partial charge in [-0.2, -0.15) is 0 Å². The Balaban J connectivity index is 0.000000196. The van der Waals surface area contributed by atoms with Crippen LogP contribution in [0, 0.1) is 6.92 Å².